The first-order chi connectivity index (χ1) is 6.31. The lowest BCUT2D eigenvalue weighted by atomic mass is 10.1. The number of hydrogen-bond acceptors (Lipinski definition) is 1. The number of allylic oxidation sites excluding steroid dienone is 3. The molecular formula is C11H11ClO. The second kappa shape index (κ2) is 3.45. The molecule has 13 heavy (non-hydrogen) atoms. The van der Waals surface area contributed by atoms with Crippen molar-refractivity contribution in [1.82, 2.24) is 0 Å². The van der Waals surface area contributed by atoms with Gasteiger partial charge in [0.15, 0.2) is 0 Å². The van der Waals surface area contributed by atoms with Gasteiger partial charge in [-0.25, -0.2) is 0 Å². The van der Waals surface area contributed by atoms with E-state index in [1.807, 2.05) is 12.2 Å². The van der Waals surface area contributed by atoms with Crippen LogP contribution in [0.3, 0.4) is 0 Å². The molecule has 0 aromatic carbocycles. The number of halogens is 1. The minimum absolute atomic E-state index is 0.737. The van der Waals surface area contributed by atoms with Crippen molar-refractivity contribution in [2.45, 2.75) is 19.8 Å². The van der Waals surface area contributed by atoms with Crippen molar-refractivity contribution in [3.8, 4) is 0 Å². The monoisotopic (exact) mass is 194 g/mol. The first-order valence-corrected chi connectivity index (χ1v) is 4.88. The van der Waals surface area contributed by atoms with Gasteiger partial charge in [-0.15, -0.1) is 5.73 Å². The second-order valence-corrected chi connectivity index (χ2v) is 3.54. The first-order valence-electron chi connectivity index (χ1n) is 4.50. The number of ether oxygens (including phenoxy) is 1. The Morgan fingerprint density at radius 3 is 3.23 bits per heavy atom. The second-order valence-electron chi connectivity index (χ2n) is 3.10. The van der Waals surface area contributed by atoms with Crippen molar-refractivity contribution in [2.24, 2.45) is 0 Å². The third kappa shape index (κ3) is 1.58. The molecule has 2 heteroatoms. The maximum atomic E-state index is 5.95. The van der Waals surface area contributed by atoms with E-state index in [0.717, 1.165) is 35.8 Å². The summed E-state index contributed by atoms with van der Waals surface area (Å²) in [6.45, 7) is 2.87. The van der Waals surface area contributed by atoms with Crippen LogP contribution in [-0.4, -0.2) is 6.61 Å². The Morgan fingerprint density at radius 2 is 2.46 bits per heavy atom. The highest BCUT2D eigenvalue weighted by Crippen LogP contribution is 2.30. The normalized spacial score (nSPS) is 20.5. The summed E-state index contributed by atoms with van der Waals surface area (Å²) in [6.07, 6.45) is 5.68. The van der Waals surface area contributed by atoms with Crippen LogP contribution in [0.5, 0.6) is 0 Å². The molecule has 0 unspecified atom stereocenters. The summed E-state index contributed by atoms with van der Waals surface area (Å²) in [4.78, 5) is 0. The van der Waals surface area contributed by atoms with Crippen molar-refractivity contribution >= 4 is 11.6 Å². The molecule has 0 N–H and O–H groups in total. The van der Waals surface area contributed by atoms with E-state index < -0.39 is 0 Å². The van der Waals surface area contributed by atoms with E-state index in [2.05, 4.69) is 12.7 Å². The predicted octanol–water partition coefficient (Wildman–Crippen LogP) is 3.29. The van der Waals surface area contributed by atoms with Gasteiger partial charge in [0.05, 0.1) is 6.61 Å². The molecule has 0 fully saturated rings. The Balaban J connectivity index is 2.50. The quantitative estimate of drug-likeness (QED) is 0.582. The molecule has 2 rings (SSSR count). The minimum Gasteiger partial charge on any atom is -0.492 e. The zero-order chi connectivity index (χ0) is 9.26. The van der Waals surface area contributed by atoms with Gasteiger partial charge >= 0.3 is 0 Å². The summed E-state index contributed by atoms with van der Waals surface area (Å²) in [5, 5.41) is 0.737. The summed E-state index contributed by atoms with van der Waals surface area (Å²) in [7, 11) is 0. The molecular weight excluding hydrogens is 184 g/mol. The molecule has 0 atom stereocenters. The smallest absolute Gasteiger partial charge is 0.133 e. The third-order valence-corrected chi connectivity index (χ3v) is 2.45. The SMILES string of the molecule is CCC1=C=CC(Cl)=CC2=C1OCC2. The lowest BCUT2D eigenvalue weighted by Crippen LogP contribution is -1.88. The molecule has 1 heterocycles. The van der Waals surface area contributed by atoms with Gasteiger partial charge in [-0.3, -0.25) is 0 Å². The molecule has 2 aliphatic rings. The summed E-state index contributed by atoms with van der Waals surface area (Å²) in [5.74, 6) is 0.995. The van der Waals surface area contributed by atoms with Crippen LogP contribution in [0, 0.1) is 0 Å². The molecule has 68 valence electrons. The molecule has 1 aliphatic carbocycles. The Hall–Kier alpha value is -0.910. The van der Waals surface area contributed by atoms with E-state index >= 15 is 0 Å². The van der Waals surface area contributed by atoms with Crippen LogP contribution in [0.1, 0.15) is 19.8 Å². The molecule has 0 aromatic heterocycles. The van der Waals surface area contributed by atoms with Crippen LogP contribution in [-0.2, 0) is 4.74 Å². The fourth-order valence-corrected chi connectivity index (χ4v) is 1.77. The highest BCUT2D eigenvalue weighted by molar-refractivity contribution is 6.31. The zero-order valence-electron chi connectivity index (χ0n) is 7.56. The molecule has 0 bridgehead atoms. The molecule has 0 amide bonds. The van der Waals surface area contributed by atoms with E-state index in [1.165, 1.54) is 5.57 Å². The third-order valence-electron chi connectivity index (χ3n) is 2.23. The first kappa shape index (κ1) is 8.68. The lowest BCUT2D eigenvalue weighted by molar-refractivity contribution is 0.251. The van der Waals surface area contributed by atoms with Crippen LogP contribution in [0.2, 0.25) is 0 Å². The Bertz CT molecular complexity index is 354. The van der Waals surface area contributed by atoms with Gasteiger partial charge in [-0.05, 0) is 24.1 Å². The van der Waals surface area contributed by atoms with E-state index in [-0.39, 0.29) is 0 Å². The van der Waals surface area contributed by atoms with Crippen molar-refractivity contribution in [1.29, 1.82) is 0 Å². The van der Waals surface area contributed by atoms with E-state index in [1.54, 1.807) is 0 Å². The van der Waals surface area contributed by atoms with Gasteiger partial charge in [0.2, 0.25) is 0 Å². The summed E-state index contributed by atoms with van der Waals surface area (Å²) in [5.41, 5.74) is 5.50. The van der Waals surface area contributed by atoms with Gasteiger partial charge in [-0.1, -0.05) is 18.5 Å². The van der Waals surface area contributed by atoms with Gasteiger partial charge < -0.3 is 4.74 Å². The maximum absolute atomic E-state index is 5.95. The largest absolute Gasteiger partial charge is 0.492 e. The summed E-state index contributed by atoms with van der Waals surface area (Å²) >= 11 is 5.95. The predicted molar refractivity (Wildman–Crippen MR) is 53.4 cm³/mol. The van der Waals surface area contributed by atoms with E-state index in [0.29, 0.717) is 0 Å². The van der Waals surface area contributed by atoms with Crippen LogP contribution in [0.15, 0.2) is 39.8 Å². The Morgan fingerprint density at radius 1 is 1.62 bits per heavy atom. The fraction of sp³-hybridized carbons (Fsp3) is 0.364. The van der Waals surface area contributed by atoms with Gasteiger partial charge in [-0.2, -0.15) is 0 Å². The van der Waals surface area contributed by atoms with Crippen LogP contribution >= 0.6 is 11.6 Å². The molecule has 0 saturated heterocycles. The number of hydrogen-bond donors (Lipinski definition) is 0. The highest BCUT2D eigenvalue weighted by Gasteiger charge is 2.18. The average molecular weight is 195 g/mol. The molecule has 0 aromatic rings. The topological polar surface area (TPSA) is 9.23 Å². The van der Waals surface area contributed by atoms with Crippen LogP contribution in [0.25, 0.3) is 0 Å². The van der Waals surface area contributed by atoms with Crippen molar-refractivity contribution < 1.29 is 4.74 Å². The Kier molecular flexibility index (Phi) is 2.30. The van der Waals surface area contributed by atoms with Crippen molar-refractivity contribution in [2.75, 3.05) is 6.61 Å². The van der Waals surface area contributed by atoms with Crippen LogP contribution < -0.4 is 0 Å². The molecule has 0 radical (unpaired) electrons. The van der Waals surface area contributed by atoms with Crippen molar-refractivity contribution in [3.63, 3.8) is 0 Å². The highest BCUT2D eigenvalue weighted by atomic mass is 35.5. The fourth-order valence-electron chi connectivity index (χ4n) is 1.58. The molecule has 0 spiro atoms. The summed E-state index contributed by atoms with van der Waals surface area (Å²) in [6, 6.07) is 0. The molecule has 1 nitrogen and oxygen atoms in total. The number of rotatable bonds is 1. The maximum Gasteiger partial charge on any atom is 0.133 e. The minimum atomic E-state index is 0.737. The summed E-state index contributed by atoms with van der Waals surface area (Å²) < 4.78 is 5.55. The van der Waals surface area contributed by atoms with Gasteiger partial charge in [0, 0.05) is 17.0 Å². The molecule has 1 aliphatic heterocycles. The van der Waals surface area contributed by atoms with Crippen molar-refractivity contribution in [3.05, 3.63) is 39.8 Å². The Labute approximate surface area is 83.0 Å². The lowest BCUT2D eigenvalue weighted by Gasteiger charge is -2.03. The van der Waals surface area contributed by atoms with Crippen LogP contribution in [0.4, 0.5) is 0 Å². The zero-order valence-corrected chi connectivity index (χ0v) is 8.32. The van der Waals surface area contributed by atoms with E-state index in [9.17, 15) is 0 Å². The standard InChI is InChI=1S/C11H11ClO/c1-2-8-3-4-10(12)7-9-5-6-13-11(8)9/h4,7H,2,5-6H2,1H3. The van der Waals surface area contributed by atoms with Gasteiger partial charge in [0.1, 0.15) is 5.76 Å². The molecule has 0 saturated carbocycles. The van der Waals surface area contributed by atoms with Gasteiger partial charge in [0.25, 0.3) is 0 Å². The van der Waals surface area contributed by atoms with E-state index in [4.69, 9.17) is 16.3 Å². The average Bonchev–Trinajstić information content (AvgIpc) is 2.49.